The van der Waals surface area contributed by atoms with Crippen molar-refractivity contribution in [1.29, 1.82) is 0 Å². The average Bonchev–Trinajstić information content (AvgIpc) is 3.27. The number of anilines is 1. The van der Waals surface area contributed by atoms with Gasteiger partial charge in [-0.2, -0.15) is 0 Å². The molecule has 0 aromatic heterocycles. The zero-order valence-corrected chi connectivity index (χ0v) is 21.5. The molecule has 0 bridgehead atoms. The summed E-state index contributed by atoms with van der Waals surface area (Å²) in [5.74, 6) is 1.70. The summed E-state index contributed by atoms with van der Waals surface area (Å²) in [6.45, 7) is 3.63. The molecule has 2 aliphatic heterocycles. The zero-order chi connectivity index (χ0) is 25.4. The van der Waals surface area contributed by atoms with E-state index >= 15 is 0 Å². The van der Waals surface area contributed by atoms with Gasteiger partial charge >= 0.3 is 6.03 Å². The predicted octanol–water partition coefficient (Wildman–Crippen LogP) is 4.12. The predicted molar refractivity (Wildman–Crippen MR) is 135 cm³/mol. The van der Waals surface area contributed by atoms with Gasteiger partial charge in [0.15, 0.2) is 0 Å². The number of carbonyl (C=O) groups excluding carboxylic acids is 2. The van der Waals surface area contributed by atoms with Crippen molar-refractivity contribution in [3.05, 3.63) is 30.1 Å². The molecule has 7 nitrogen and oxygen atoms in total. The Balaban J connectivity index is 1.37. The first-order valence-corrected chi connectivity index (χ1v) is 13.6. The smallest absolute Gasteiger partial charge is 0.321 e. The molecule has 2 N–H and O–H groups in total. The number of methoxy groups -OCH3 is 1. The Morgan fingerprint density at radius 2 is 1.92 bits per heavy atom. The minimum Gasteiger partial charge on any atom is -0.396 e. The van der Waals surface area contributed by atoms with E-state index in [9.17, 15) is 19.1 Å². The third-order valence-electron chi connectivity index (χ3n) is 9.90. The molecule has 36 heavy (non-hydrogen) atoms. The topological polar surface area (TPSA) is 82.1 Å². The summed E-state index contributed by atoms with van der Waals surface area (Å²) < 4.78 is 19.8. The Morgan fingerprint density at radius 3 is 2.58 bits per heavy atom. The number of piperidine rings is 2. The molecule has 2 aliphatic carbocycles. The summed E-state index contributed by atoms with van der Waals surface area (Å²) >= 11 is 0. The quantitative estimate of drug-likeness (QED) is 0.650. The molecule has 4 aliphatic rings. The van der Waals surface area contributed by atoms with Gasteiger partial charge in [0, 0.05) is 46.3 Å². The number of halogens is 1. The lowest BCUT2D eigenvalue weighted by atomic mass is 9.56. The Bertz CT molecular complexity index is 966. The van der Waals surface area contributed by atoms with Gasteiger partial charge in [-0.25, -0.2) is 9.18 Å². The van der Waals surface area contributed by atoms with Gasteiger partial charge in [0.2, 0.25) is 5.91 Å². The summed E-state index contributed by atoms with van der Waals surface area (Å²) in [5, 5.41) is 12.6. The Morgan fingerprint density at radius 1 is 1.17 bits per heavy atom. The van der Waals surface area contributed by atoms with Crippen LogP contribution in [-0.2, 0) is 9.53 Å². The molecule has 2 saturated heterocycles. The standard InChI is InChI=1S/C28H40FN3O4/c1-18(34)32-17-28(10-12-31(13-11-28)27(35)30-24-6-4-3-5-23(24)29)26-21-8-7-20(36-2)15-19(21)16-22(26)25(32)9-14-33/h3-6,19-22,25-26,33H,7-17H2,1-2H3,(H,30,35)/t19?,20?,21?,22?,25-,26?/m0/s1. The van der Waals surface area contributed by atoms with E-state index in [4.69, 9.17) is 4.74 Å². The third-order valence-corrected chi connectivity index (χ3v) is 9.90. The first-order chi connectivity index (χ1) is 17.4. The number of ether oxygens (including phenoxy) is 1. The fourth-order valence-corrected chi connectivity index (χ4v) is 8.36. The first-order valence-electron chi connectivity index (χ1n) is 13.6. The van der Waals surface area contributed by atoms with Crippen molar-refractivity contribution in [2.75, 3.05) is 38.7 Å². The fourth-order valence-electron chi connectivity index (χ4n) is 8.36. The van der Waals surface area contributed by atoms with E-state index in [0.29, 0.717) is 55.8 Å². The van der Waals surface area contributed by atoms with Crippen molar-refractivity contribution in [2.24, 2.45) is 29.1 Å². The van der Waals surface area contributed by atoms with Crippen LogP contribution in [0.15, 0.2) is 24.3 Å². The number of aliphatic hydroxyl groups is 1. The Hall–Kier alpha value is -2.19. The highest BCUT2D eigenvalue weighted by Crippen LogP contribution is 2.62. The molecule has 8 heteroatoms. The van der Waals surface area contributed by atoms with E-state index in [-0.39, 0.29) is 35.7 Å². The molecule has 1 aromatic carbocycles. The van der Waals surface area contributed by atoms with Crippen molar-refractivity contribution in [1.82, 2.24) is 9.80 Å². The molecule has 6 atom stereocenters. The lowest BCUT2D eigenvalue weighted by Crippen LogP contribution is -2.62. The maximum absolute atomic E-state index is 14.1. The molecule has 1 spiro atoms. The van der Waals surface area contributed by atoms with E-state index in [0.717, 1.165) is 38.5 Å². The highest BCUT2D eigenvalue weighted by atomic mass is 19.1. The number of para-hydroxylation sites is 1. The largest absolute Gasteiger partial charge is 0.396 e. The van der Waals surface area contributed by atoms with Gasteiger partial charge in [0.1, 0.15) is 5.82 Å². The van der Waals surface area contributed by atoms with Crippen molar-refractivity contribution in [2.45, 2.75) is 64.0 Å². The molecule has 5 unspecified atom stereocenters. The number of carbonyl (C=O) groups is 2. The van der Waals surface area contributed by atoms with Crippen molar-refractivity contribution in [3.8, 4) is 0 Å². The maximum atomic E-state index is 14.1. The van der Waals surface area contributed by atoms with Crippen LogP contribution in [0.3, 0.4) is 0 Å². The molecule has 2 heterocycles. The Kier molecular flexibility index (Phi) is 7.27. The van der Waals surface area contributed by atoms with Crippen molar-refractivity contribution < 1.29 is 23.8 Å². The molecule has 5 rings (SSSR count). The van der Waals surface area contributed by atoms with E-state index in [1.807, 2.05) is 12.0 Å². The summed E-state index contributed by atoms with van der Waals surface area (Å²) in [7, 11) is 1.81. The molecular weight excluding hydrogens is 461 g/mol. The van der Waals surface area contributed by atoms with Crippen LogP contribution in [0.5, 0.6) is 0 Å². The van der Waals surface area contributed by atoms with Gasteiger partial charge in [-0.1, -0.05) is 12.1 Å². The van der Waals surface area contributed by atoms with Crippen LogP contribution in [0.2, 0.25) is 0 Å². The van der Waals surface area contributed by atoms with E-state index in [1.165, 1.54) is 6.07 Å². The zero-order valence-electron chi connectivity index (χ0n) is 21.5. The third kappa shape index (κ3) is 4.51. The second-order valence-electron chi connectivity index (χ2n) is 11.5. The molecule has 198 valence electrons. The van der Waals surface area contributed by atoms with Crippen molar-refractivity contribution in [3.63, 3.8) is 0 Å². The van der Waals surface area contributed by atoms with Crippen molar-refractivity contribution >= 4 is 17.6 Å². The number of nitrogens with one attached hydrogen (secondary N) is 1. The SMILES string of the molecule is COC1CCC2C(C1)CC1C2C2(CCN(C(=O)Nc3ccccc3F)CC2)CN(C(C)=O)[C@H]1CCO. The number of likely N-dealkylation sites (tertiary alicyclic amines) is 2. The number of nitrogens with zero attached hydrogens (tertiary/aromatic N) is 2. The van der Waals surface area contributed by atoms with Crippen LogP contribution in [0.25, 0.3) is 0 Å². The Labute approximate surface area is 213 Å². The van der Waals surface area contributed by atoms with E-state index < -0.39 is 5.82 Å². The second-order valence-corrected chi connectivity index (χ2v) is 11.5. The van der Waals surface area contributed by atoms with Crippen LogP contribution < -0.4 is 5.32 Å². The van der Waals surface area contributed by atoms with Gasteiger partial charge in [-0.05, 0) is 86.2 Å². The fraction of sp³-hybridized carbons (Fsp3) is 0.714. The van der Waals surface area contributed by atoms with Gasteiger partial charge in [0.05, 0.1) is 11.8 Å². The van der Waals surface area contributed by atoms with Crippen LogP contribution >= 0.6 is 0 Å². The average molecular weight is 502 g/mol. The van der Waals surface area contributed by atoms with Gasteiger partial charge in [-0.15, -0.1) is 0 Å². The molecule has 0 radical (unpaired) electrons. The number of aliphatic hydroxyl groups excluding tert-OH is 1. The number of amides is 3. The monoisotopic (exact) mass is 501 g/mol. The number of rotatable bonds is 4. The van der Waals surface area contributed by atoms with E-state index in [2.05, 4.69) is 5.32 Å². The molecule has 3 amide bonds. The normalized spacial score (nSPS) is 33.2. The van der Waals surface area contributed by atoms with E-state index in [1.54, 1.807) is 30.0 Å². The van der Waals surface area contributed by atoms with Gasteiger partial charge < -0.3 is 25.0 Å². The summed E-state index contributed by atoms with van der Waals surface area (Å²) in [6, 6.07) is 6.04. The number of urea groups is 1. The number of fused-ring (bicyclic) bond motifs is 4. The molecule has 4 fully saturated rings. The van der Waals surface area contributed by atoms with Gasteiger partial charge in [-0.3, -0.25) is 4.79 Å². The summed E-state index contributed by atoms with van der Waals surface area (Å²) in [4.78, 5) is 29.6. The minimum absolute atomic E-state index is 0.0314. The number of hydrogen-bond acceptors (Lipinski definition) is 4. The second kappa shape index (κ2) is 10.3. The molecule has 1 aromatic rings. The van der Waals surface area contributed by atoms with Crippen LogP contribution in [0, 0.1) is 34.9 Å². The highest BCUT2D eigenvalue weighted by molar-refractivity contribution is 5.89. The minimum atomic E-state index is -0.440. The highest BCUT2D eigenvalue weighted by Gasteiger charge is 2.61. The van der Waals surface area contributed by atoms with Gasteiger partial charge in [0.25, 0.3) is 0 Å². The summed E-state index contributed by atoms with van der Waals surface area (Å²) in [6.07, 6.45) is 7.00. The lowest BCUT2D eigenvalue weighted by Gasteiger charge is -2.58. The maximum Gasteiger partial charge on any atom is 0.321 e. The number of benzene rings is 1. The van der Waals surface area contributed by atoms with Crippen LogP contribution in [-0.4, -0.2) is 72.3 Å². The van der Waals surface area contributed by atoms with Crippen LogP contribution in [0.4, 0.5) is 14.9 Å². The first kappa shape index (κ1) is 25.5. The lowest BCUT2D eigenvalue weighted by molar-refractivity contribution is -0.149. The number of hydrogen-bond donors (Lipinski definition) is 2. The summed E-state index contributed by atoms with van der Waals surface area (Å²) in [5.41, 5.74) is 0.166. The molecule has 2 saturated carbocycles. The van der Waals surface area contributed by atoms with Crippen LogP contribution in [0.1, 0.15) is 51.9 Å². The molecular formula is C28H40FN3O4.